The van der Waals surface area contributed by atoms with Gasteiger partial charge in [-0.05, 0) is 53.6 Å². The first kappa shape index (κ1) is 29.4. The summed E-state index contributed by atoms with van der Waals surface area (Å²) in [6.07, 6.45) is 2.00. The quantitative estimate of drug-likeness (QED) is 0.480. The lowest BCUT2D eigenvalue weighted by molar-refractivity contribution is 0.000907. The average molecular weight is 528 g/mol. The van der Waals surface area contributed by atoms with E-state index in [1.165, 1.54) is 16.8 Å². The lowest BCUT2D eigenvalue weighted by Crippen LogP contribution is -2.47. The molecule has 0 aromatic heterocycles. The van der Waals surface area contributed by atoms with Crippen LogP contribution in [0.15, 0.2) is 36.4 Å². The smallest absolute Gasteiger partial charge is 0.161 e. The van der Waals surface area contributed by atoms with Gasteiger partial charge in [0.2, 0.25) is 0 Å². The predicted molar refractivity (Wildman–Crippen MR) is 146 cm³/mol. The summed E-state index contributed by atoms with van der Waals surface area (Å²) in [4.78, 5) is 4.97. The molecule has 1 fully saturated rings. The van der Waals surface area contributed by atoms with E-state index < -0.39 is 0 Å². The van der Waals surface area contributed by atoms with Crippen LogP contribution in [0, 0.1) is 5.41 Å². The molecule has 4 rings (SSSR count). The van der Waals surface area contributed by atoms with E-state index in [4.69, 9.17) is 18.9 Å². The number of piperazine rings is 1. The number of anilines is 1. The van der Waals surface area contributed by atoms with Crippen molar-refractivity contribution in [3.63, 3.8) is 0 Å². The maximum absolute atomic E-state index is 6.48. The molecule has 2 heterocycles. The maximum Gasteiger partial charge on any atom is 0.161 e. The van der Waals surface area contributed by atoms with Crippen molar-refractivity contribution in [2.24, 2.45) is 5.41 Å². The zero-order valence-corrected chi connectivity index (χ0v) is 23.2. The van der Waals surface area contributed by atoms with Gasteiger partial charge in [0.15, 0.2) is 11.5 Å². The molecule has 0 saturated carbocycles. The van der Waals surface area contributed by atoms with Crippen molar-refractivity contribution in [2.45, 2.75) is 32.8 Å². The number of hydrogen-bond donors (Lipinski definition) is 0. The van der Waals surface area contributed by atoms with Gasteiger partial charge in [0.1, 0.15) is 5.75 Å². The molecule has 0 spiro atoms. The molecular weight excluding hydrogens is 487 g/mol. The molecule has 1 unspecified atom stereocenters. The molecule has 196 valence electrons. The molecule has 0 radical (unpaired) electrons. The van der Waals surface area contributed by atoms with Gasteiger partial charge < -0.3 is 23.8 Å². The number of hydrogen-bond acceptors (Lipinski definition) is 6. The number of para-hydroxylation sites is 2. The second-order valence-electron chi connectivity index (χ2n) is 9.84. The van der Waals surface area contributed by atoms with Gasteiger partial charge in [-0.1, -0.05) is 26.0 Å². The van der Waals surface area contributed by atoms with Gasteiger partial charge in [0, 0.05) is 32.7 Å². The van der Waals surface area contributed by atoms with Crippen LogP contribution in [-0.4, -0.2) is 65.6 Å². The Kier molecular flexibility index (Phi) is 10.8. The summed E-state index contributed by atoms with van der Waals surface area (Å²) < 4.78 is 23.2. The van der Waals surface area contributed by atoms with E-state index in [1.54, 1.807) is 21.3 Å². The lowest BCUT2D eigenvalue weighted by Gasteiger charge is -2.37. The molecule has 2 aromatic carbocycles. The van der Waals surface area contributed by atoms with Crippen molar-refractivity contribution in [3.8, 4) is 17.2 Å². The lowest BCUT2D eigenvalue weighted by atomic mass is 9.85. The average Bonchev–Trinajstić information content (AvgIpc) is 2.96. The highest BCUT2D eigenvalue weighted by Gasteiger charge is 2.31. The Bertz CT molecular complexity index is 949. The van der Waals surface area contributed by atoms with Gasteiger partial charge in [-0.2, -0.15) is 0 Å². The fraction of sp³-hybridized carbons (Fsp3) is 0.556. The van der Waals surface area contributed by atoms with Crippen LogP contribution < -0.4 is 19.1 Å². The van der Waals surface area contributed by atoms with Crippen LogP contribution in [0.5, 0.6) is 17.2 Å². The summed E-state index contributed by atoms with van der Waals surface area (Å²) in [5, 5.41) is 0. The van der Waals surface area contributed by atoms with E-state index in [1.807, 2.05) is 12.1 Å². The third-order valence-electron chi connectivity index (χ3n) is 6.84. The van der Waals surface area contributed by atoms with Crippen LogP contribution in [0.4, 0.5) is 5.69 Å². The van der Waals surface area contributed by atoms with E-state index in [9.17, 15) is 0 Å². The Morgan fingerprint density at radius 2 is 1.51 bits per heavy atom. The highest BCUT2D eigenvalue weighted by Crippen LogP contribution is 2.41. The van der Waals surface area contributed by atoms with Crippen LogP contribution in [0.1, 0.15) is 37.5 Å². The second-order valence-corrected chi connectivity index (χ2v) is 9.84. The standard InChI is InChI=1S/C27H38N2O4.2ClH/c1-27(2)18-20-16-25(31-4)26(32-5)17-21(20)23(33-19-27)10-11-28-12-14-29(15-13-28)22-8-6-7-9-24(22)30-3;;/h6-9,16-17,23H,10-15,18-19H2,1-5H3;2*1H. The molecule has 1 saturated heterocycles. The number of rotatable bonds is 7. The topological polar surface area (TPSA) is 43.4 Å². The second kappa shape index (κ2) is 12.9. The molecule has 2 aliphatic heterocycles. The molecular formula is C27H40Cl2N2O4. The van der Waals surface area contributed by atoms with Crippen molar-refractivity contribution < 1.29 is 18.9 Å². The highest BCUT2D eigenvalue weighted by atomic mass is 35.5. The molecule has 0 aliphatic carbocycles. The summed E-state index contributed by atoms with van der Waals surface area (Å²) in [6, 6.07) is 12.6. The number of ether oxygens (including phenoxy) is 4. The third-order valence-corrected chi connectivity index (χ3v) is 6.84. The Labute approximate surface area is 222 Å². The summed E-state index contributed by atoms with van der Waals surface area (Å²) in [5.74, 6) is 2.51. The third kappa shape index (κ3) is 6.88. The normalized spacial score (nSPS) is 19.5. The minimum Gasteiger partial charge on any atom is -0.495 e. The van der Waals surface area contributed by atoms with Gasteiger partial charge in [0.25, 0.3) is 0 Å². The SMILES string of the molecule is COc1cc2c(cc1OC)C(CCN1CCN(c3ccccc3OC)CC1)OCC(C)(C)C2.Cl.Cl. The van der Waals surface area contributed by atoms with Gasteiger partial charge >= 0.3 is 0 Å². The minimum absolute atomic E-state index is 0. The molecule has 2 aliphatic rings. The molecule has 35 heavy (non-hydrogen) atoms. The minimum atomic E-state index is 0. The van der Waals surface area contributed by atoms with Crippen molar-refractivity contribution in [1.29, 1.82) is 0 Å². The molecule has 0 N–H and O–H groups in total. The molecule has 8 heteroatoms. The number of halogens is 2. The fourth-order valence-electron chi connectivity index (χ4n) is 5.01. The first-order chi connectivity index (χ1) is 15.9. The Hall–Kier alpha value is -1.86. The highest BCUT2D eigenvalue weighted by molar-refractivity contribution is 5.85. The molecule has 0 bridgehead atoms. The summed E-state index contributed by atoms with van der Waals surface area (Å²) >= 11 is 0. The first-order valence-corrected chi connectivity index (χ1v) is 11.9. The number of nitrogens with zero attached hydrogens (tertiary/aromatic N) is 2. The fourth-order valence-corrected chi connectivity index (χ4v) is 5.01. The maximum atomic E-state index is 6.48. The molecule has 6 nitrogen and oxygen atoms in total. The van der Waals surface area contributed by atoms with E-state index in [-0.39, 0.29) is 36.3 Å². The zero-order chi connectivity index (χ0) is 23.4. The van der Waals surface area contributed by atoms with Crippen molar-refractivity contribution >= 4 is 30.5 Å². The van der Waals surface area contributed by atoms with Crippen LogP contribution in [0.3, 0.4) is 0 Å². The number of benzene rings is 2. The number of methoxy groups -OCH3 is 3. The van der Waals surface area contributed by atoms with Crippen LogP contribution >= 0.6 is 24.8 Å². The van der Waals surface area contributed by atoms with Gasteiger partial charge in [-0.25, -0.2) is 0 Å². The van der Waals surface area contributed by atoms with Crippen molar-refractivity contribution in [1.82, 2.24) is 4.90 Å². The van der Waals surface area contributed by atoms with Gasteiger partial charge in [0.05, 0.1) is 39.7 Å². The summed E-state index contributed by atoms with van der Waals surface area (Å²) in [6.45, 7) is 10.4. The van der Waals surface area contributed by atoms with E-state index in [0.29, 0.717) is 0 Å². The van der Waals surface area contributed by atoms with Crippen LogP contribution in [0.25, 0.3) is 0 Å². The largest absolute Gasteiger partial charge is 0.495 e. The zero-order valence-electron chi connectivity index (χ0n) is 21.5. The van der Waals surface area contributed by atoms with E-state index in [2.05, 4.69) is 47.9 Å². The molecule has 1 atom stereocenters. The van der Waals surface area contributed by atoms with Gasteiger partial charge in [-0.15, -0.1) is 24.8 Å². The van der Waals surface area contributed by atoms with E-state index in [0.717, 1.165) is 69.4 Å². The Balaban J connectivity index is 0.00000216. The van der Waals surface area contributed by atoms with Crippen LogP contribution in [-0.2, 0) is 11.2 Å². The Morgan fingerprint density at radius 3 is 2.17 bits per heavy atom. The van der Waals surface area contributed by atoms with Gasteiger partial charge in [-0.3, -0.25) is 4.90 Å². The molecule has 2 aromatic rings. The predicted octanol–water partition coefficient (Wildman–Crippen LogP) is 5.41. The van der Waals surface area contributed by atoms with Crippen LogP contribution in [0.2, 0.25) is 0 Å². The summed E-state index contributed by atoms with van der Waals surface area (Å²) in [5.41, 5.74) is 3.82. The van der Waals surface area contributed by atoms with E-state index >= 15 is 0 Å². The first-order valence-electron chi connectivity index (χ1n) is 11.9. The van der Waals surface area contributed by atoms with Crippen molar-refractivity contribution in [3.05, 3.63) is 47.5 Å². The monoisotopic (exact) mass is 526 g/mol. The molecule has 0 amide bonds. The number of fused-ring (bicyclic) bond motifs is 1. The summed E-state index contributed by atoms with van der Waals surface area (Å²) in [7, 11) is 5.14. The Morgan fingerprint density at radius 1 is 0.886 bits per heavy atom. The van der Waals surface area contributed by atoms with Crippen molar-refractivity contribution in [2.75, 3.05) is 65.6 Å².